The Labute approximate surface area is 177 Å². The number of aromatic nitrogens is 1. The smallest absolute Gasteiger partial charge is 0.265 e. The topological polar surface area (TPSA) is 100 Å². The van der Waals surface area contributed by atoms with Crippen LogP contribution in [0.2, 0.25) is 0 Å². The second-order valence-corrected chi connectivity index (χ2v) is 10.0. The van der Waals surface area contributed by atoms with Gasteiger partial charge in [0.1, 0.15) is 4.70 Å². The van der Waals surface area contributed by atoms with Crippen molar-refractivity contribution >= 4 is 55.2 Å². The molecule has 0 radical (unpaired) electrons. The highest BCUT2D eigenvalue weighted by Crippen LogP contribution is 2.40. The fraction of sp³-hybridized carbons (Fsp3) is 0.150. The van der Waals surface area contributed by atoms with E-state index in [-0.39, 0.29) is 11.2 Å². The van der Waals surface area contributed by atoms with Gasteiger partial charge in [0.2, 0.25) is 5.52 Å². The SMILES string of the molecule is O=S(=O)(O)CCC[n+]1c(C=CC=C2Nc3ccccc3S2)sc2ccccc21.[OH-]. The van der Waals surface area contributed by atoms with Gasteiger partial charge in [-0.2, -0.15) is 13.0 Å². The highest BCUT2D eigenvalue weighted by atomic mass is 32.2. The Bertz CT molecular complexity index is 1160. The first kappa shape index (κ1) is 21.5. The van der Waals surface area contributed by atoms with E-state index in [1.807, 2.05) is 48.6 Å². The van der Waals surface area contributed by atoms with Crippen LogP contribution in [0.4, 0.5) is 5.69 Å². The van der Waals surface area contributed by atoms with Gasteiger partial charge < -0.3 is 10.8 Å². The van der Waals surface area contributed by atoms with Crippen LogP contribution in [0.5, 0.6) is 0 Å². The van der Waals surface area contributed by atoms with Crippen LogP contribution in [-0.4, -0.2) is 24.2 Å². The van der Waals surface area contributed by atoms with E-state index in [4.69, 9.17) is 4.55 Å². The Morgan fingerprint density at radius 3 is 2.66 bits per heavy atom. The van der Waals surface area contributed by atoms with Gasteiger partial charge in [-0.05, 0) is 24.3 Å². The maximum atomic E-state index is 11.0. The van der Waals surface area contributed by atoms with Gasteiger partial charge in [0.05, 0.1) is 16.5 Å². The first-order chi connectivity index (χ1) is 13.5. The monoisotopic (exact) mass is 448 g/mol. The van der Waals surface area contributed by atoms with E-state index in [1.54, 1.807) is 23.1 Å². The zero-order chi connectivity index (χ0) is 19.6. The van der Waals surface area contributed by atoms with E-state index in [0.29, 0.717) is 13.0 Å². The number of allylic oxidation sites excluding steroid dienone is 2. The predicted molar refractivity (Wildman–Crippen MR) is 118 cm³/mol. The Hall–Kier alpha value is -2.17. The number of hydrogen-bond donors (Lipinski definition) is 2. The molecular weight excluding hydrogens is 428 g/mol. The third-order valence-electron chi connectivity index (χ3n) is 4.27. The molecule has 0 spiro atoms. The third-order valence-corrected chi connectivity index (χ3v) is 7.24. The van der Waals surface area contributed by atoms with Crippen molar-refractivity contribution in [3.8, 4) is 0 Å². The fourth-order valence-corrected chi connectivity index (χ4v) is 5.56. The van der Waals surface area contributed by atoms with Gasteiger partial charge in [-0.1, -0.05) is 53.4 Å². The van der Waals surface area contributed by atoms with Gasteiger partial charge in [-0.15, -0.1) is 0 Å². The van der Waals surface area contributed by atoms with Crippen LogP contribution in [0, 0.1) is 0 Å². The van der Waals surface area contributed by atoms with Crippen LogP contribution in [0.15, 0.2) is 70.6 Å². The number of fused-ring (bicyclic) bond motifs is 2. The van der Waals surface area contributed by atoms with Crippen LogP contribution >= 0.6 is 23.1 Å². The third kappa shape index (κ3) is 5.26. The van der Waals surface area contributed by atoms with Crippen molar-refractivity contribution in [1.82, 2.24) is 0 Å². The average Bonchev–Trinajstić information content (AvgIpc) is 3.22. The molecule has 0 amide bonds. The molecule has 0 atom stereocenters. The molecule has 1 aliphatic rings. The molecule has 6 nitrogen and oxygen atoms in total. The summed E-state index contributed by atoms with van der Waals surface area (Å²) in [7, 11) is -3.95. The Kier molecular flexibility index (Phi) is 6.76. The molecule has 3 aromatic rings. The zero-order valence-corrected chi connectivity index (χ0v) is 17.8. The average molecular weight is 449 g/mol. The van der Waals surface area contributed by atoms with Crippen molar-refractivity contribution in [2.45, 2.75) is 17.9 Å². The molecule has 0 saturated carbocycles. The lowest BCUT2D eigenvalue weighted by atomic mass is 10.3. The molecule has 29 heavy (non-hydrogen) atoms. The largest absolute Gasteiger partial charge is 0.870 e. The highest BCUT2D eigenvalue weighted by Gasteiger charge is 2.19. The fourth-order valence-electron chi connectivity index (χ4n) is 3.04. The molecule has 0 bridgehead atoms. The van der Waals surface area contributed by atoms with Crippen LogP contribution in [0.3, 0.4) is 0 Å². The number of nitrogens with one attached hydrogen (secondary N) is 1. The van der Waals surface area contributed by atoms with Gasteiger partial charge in [0.15, 0.2) is 6.54 Å². The van der Waals surface area contributed by atoms with Crippen molar-refractivity contribution in [3.63, 3.8) is 0 Å². The second kappa shape index (κ2) is 9.10. The summed E-state index contributed by atoms with van der Waals surface area (Å²) >= 11 is 3.36. The number of anilines is 1. The maximum absolute atomic E-state index is 11.0. The molecule has 4 rings (SSSR count). The summed E-state index contributed by atoms with van der Waals surface area (Å²) in [6.45, 7) is 0.526. The van der Waals surface area contributed by atoms with Gasteiger partial charge in [0.25, 0.3) is 15.1 Å². The van der Waals surface area contributed by atoms with Crippen molar-refractivity contribution < 1.29 is 23.0 Å². The predicted octanol–water partition coefficient (Wildman–Crippen LogP) is 4.36. The lowest BCUT2D eigenvalue weighted by Crippen LogP contribution is -2.35. The lowest BCUT2D eigenvalue weighted by Gasteiger charge is -1.97. The first-order valence-electron chi connectivity index (χ1n) is 8.78. The Morgan fingerprint density at radius 2 is 1.86 bits per heavy atom. The normalized spacial score (nSPS) is 14.9. The molecule has 0 aliphatic carbocycles. The number of para-hydroxylation sites is 2. The lowest BCUT2D eigenvalue weighted by molar-refractivity contribution is -0.668. The van der Waals surface area contributed by atoms with E-state index in [0.717, 1.165) is 25.9 Å². The summed E-state index contributed by atoms with van der Waals surface area (Å²) in [4.78, 5) is 1.21. The zero-order valence-electron chi connectivity index (χ0n) is 15.4. The van der Waals surface area contributed by atoms with Gasteiger partial charge in [-0.25, -0.2) is 0 Å². The molecule has 2 heterocycles. The standard InChI is InChI=1S/C20H18N2O3S3.H2O/c23-28(24,25)14-6-13-22-16-8-2-4-10-18(16)27-20(22)12-5-11-19-21-15-7-1-3-9-17(15)26-19;/h1-5,7-12H,6,13-14H2,(H,23,24,25);1H2. The summed E-state index contributed by atoms with van der Waals surface area (Å²) < 4.78 is 34.3. The minimum atomic E-state index is -3.95. The van der Waals surface area contributed by atoms with Gasteiger partial charge in [-0.3, -0.25) is 4.55 Å². The van der Waals surface area contributed by atoms with Crippen LogP contribution in [0.1, 0.15) is 11.4 Å². The first-order valence-corrected chi connectivity index (χ1v) is 12.0. The number of thioether (sulfide) groups is 1. The van der Waals surface area contributed by atoms with Crippen molar-refractivity contribution in [1.29, 1.82) is 0 Å². The van der Waals surface area contributed by atoms with Gasteiger partial charge in [0, 0.05) is 23.5 Å². The van der Waals surface area contributed by atoms with Crippen LogP contribution < -0.4 is 9.88 Å². The Morgan fingerprint density at radius 1 is 1.10 bits per heavy atom. The summed E-state index contributed by atoms with van der Waals surface area (Å²) in [5, 5.41) is 5.49. The number of hydrogen-bond acceptors (Lipinski definition) is 6. The number of nitrogens with zero attached hydrogens (tertiary/aromatic N) is 1. The van der Waals surface area contributed by atoms with E-state index in [2.05, 4.69) is 28.1 Å². The molecule has 152 valence electrons. The maximum Gasteiger partial charge on any atom is 0.265 e. The van der Waals surface area contributed by atoms with E-state index < -0.39 is 10.1 Å². The minimum absolute atomic E-state index is 0. The molecule has 1 aromatic heterocycles. The van der Waals surface area contributed by atoms with Crippen molar-refractivity contribution in [2.24, 2.45) is 0 Å². The summed E-state index contributed by atoms with van der Waals surface area (Å²) in [6.07, 6.45) is 6.44. The molecule has 0 fully saturated rings. The van der Waals surface area contributed by atoms with Crippen molar-refractivity contribution in [3.05, 3.63) is 70.7 Å². The van der Waals surface area contributed by atoms with Crippen molar-refractivity contribution in [2.75, 3.05) is 11.1 Å². The molecule has 0 unspecified atom stereocenters. The van der Waals surface area contributed by atoms with E-state index in [9.17, 15) is 8.42 Å². The summed E-state index contributed by atoms with van der Waals surface area (Å²) in [5.41, 5.74) is 2.19. The molecule has 0 saturated heterocycles. The minimum Gasteiger partial charge on any atom is -0.870 e. The number of thiazole rings is 1. The molecule has 3 N–H and O–H groups in total. The quantitative estimate of drug-likeness (QED) is 0.429. The highest BCUT2D eigenvalue weighted by molar-refractivity contribution is 8.03. The van der Waals surface area contributed by atoms with Crippen LogP contribution in [0.25, 0.3) is 16.3 Å². The number of benzene rings is 2. The molecule has 1 aliphatic heterocycles. The summed E-state index contributed by atoms with van der Waals surface area (Å²) in [5.74, 6) is -0.240. The number of rotatable bonds is 6. The van der Waals surface area contributed by atoms with Gasteiger partial charge >= 0.3 is 0 Å². The second-order valence-electron chi connectivity index (χ2n) is 6.31. The van der Waals surface area contributed by atoms with E-state index in [1.165, 1.54) is 4.90 Å². The number of aryl methyl sites for hydroxylation is 1. The summed E-state index contributed by atoms with van der Waals surface area (Å²) in [6, 6.07) is 16.2. The molecular formula is C20H20N2O4S3. The van der Waals surface area contributed by atoms with E-state index >= 15 is 0 Å². The molecule has 2 aromatic carbocycles. The molecule has 9 heteroatoms. The Balaban J connectivity index is 0.00000240. The van der Waals surface area contributed by atoms with Crippen LogP contribution in [-0.2, 0) is 16.7 Å².